The molecule has 17 heteroatoms. The molecule has 1 heterocycles. The van der Waals surface area contributed by atoms with Crippen molar-refractivity contribution in [3.05, 3.63) is 122 Å². The number of benzene rings is 3. The molecule has 0 saturated heterocycles. The SMILES string of the molecule is CC(C)(C)OC(=O)NCCCC[C@H](NC(=O)[C@H](Cc1cccs1)NC(=O)OCc1ccccc1)C(=O)Nc1ccc(COC(=O)Oc2ccc([N+](=O)[O-])cc2)cc1. The van der Waals surface area contributed by atoms with Crippen LogP contribution in [-0.2, 0) is 43.4 Å². The Bertz CT molecular complexity index is 1940. The topological polar surface area (TPSA) is 214 Å². The smallest absolute Gasteiger partial charge is 0.445 e. The second kappa shape index (κ2) is 21.6. The number of rotatable bonds is 18. The van der Waals surface area contributed by atoms with Crippen LogP contribution in [0.3, 0.4) is 0 Å². The molecule has 0 unspecified atom stereocenters. The normalized spacial score (nSPS) is 11.9. The van der Waals surface area contributed by atoms with Gasteiger partial charge in [0.2, 0.25) is 11.8 Å². The molecule has 1 aromatic heterocycles. The van der Waals surface area contributed by atoms with Gasteiger partial charge in [-0.05, 0) is 86.9 Å². The summed E-state index contributed by atoms with van der Waals surface area (Å²) in [5.74, 6) is -1.05. The lowest BCUT2D eigenvalue weighted by Gasteiger charge is -2.23. The van der Waals surface area contributed by atoms with E-state index in [4.69, 9.17) is 18.9 Å². The van der Waals surface area contributed by atoms with Crippen LogP contribution >= 0.6 is 11.3 Å². The molecule has 0 radical (unpaired) electrons. The minimum atomic E-state index is -1.07. The molecule has 16 nitrogen and oxygen atoms in total. The highest BCUT2D eigenvalue weighted by molar-refractivity contribution is 7.09. The molecule has 57 heavy (non-hydrogen) atoms. The van der Waals surface area contributed by atoms with Crippen molar-refractivity contribution in [2.75, 3.05) is 11.9 Å². The lowest BCUT2D eigenvalue weighted by atomic mass is 10.1. The third-order valence-electron chi connectivity index (χ3n) is 7.85. The number of carbonyl (C=O) groups is 5. The van der Waals surface area contributed by atoms with Crippen LogP contribution in [0.15, 0.2) is 96.4 Å². The van der Waals surface area contributed by atoms with E-state index in [-0.39, 0.29) is 44.0 Å². The second-order valence-electron chi connectivity index (χ2n) is 13.6. The molecule has 4 amide bonds. The zero-order chi connectivity index (χ0) is 41.2. The summed E-state index contributed by atoms with van der Waals surface area (Å²) in [6.07, 6.45) is -1.12. The summed E-state index contributed by atoms with van der Waals surface area (Å²) in [5.41, 5.74) is 0.912. The van der Waals surface area contributed by atoms with E-state index in [2.05, 4.69) is 21.3 Å². The van der Waals surface area contributed by atoms with Gasteiger partial charge in [0.05, 0.1) is 4.92 Å². The van der Waals surface area contributed by atoms with Crippen LogP contribution in [-0.4, -0.2) is 59.3 Å². The average molecular weight is 804 g/mol. The molecule has 3 aromatic carbocycles. The van der Waals surface area contributed by atoms with E-state index in [9.17, 15) is 34.1 Å². The van der Waals surface area contributed by atoms with Crippen LogP contribution in [0.2, 0.25) is 0 Å². The highest BCUT2D eigenvalue weighted by atomic mass is 32.1. The number of unbranched alkanes of at least 4 members (excludes halogenated alkanes) is 1. The minimum Gasteiger partial charge on any atom is -0.445 e. The Hall–Kier alpha value is -6.49. The molecule has 0 saturated carbocycles. The maximum Gasteiger partial charge on any atom is 0.514 e. The number of nitro groups is 1. The van der Waals surface area contributed by atoms with Crippen LogP contribution in [0.1, 0.15) is 56.0 Å². The molecule has 4 N–H and O–H groups in total. The van der Waals surface area contributed by atoms with Gasteiger partial charge in [-0.1, -0.05) is 48.5 Å². The van der Waals surface area contributed by atoms with E-state index in [1.54, 1.807) is 57.2 Å². The Morgan fingerprint density at radius 3 is 2.09 bits per heavy atom. The molecule has 0 spiro atoms. The predicted octanol–water partition coefficient (Wildman–Crippen LogP) is 7.03. The first-order chi connectivity index (χ1) is 27.2. The van der Waals surface area contributed by atoms with Crippen LogP contribution in [0.25, 0.3) is 0 Å². The number of nitro benzene ring substituents is 1. The Morgan fingerprint density at radius 2 is 1.44 bits per heavy atom. The molecule has 2 atom stereocenters. The van der Waals surface area contributed by atoms with Crippen molar-refractivity contribution in [1.82, 2.24) is 16.0 Å². The molecule has 0 bridgehead atoms. The van der Waals surface area contributed by atoms with Crippen molar-refractivity contribution < 1.29 is 47.8 Å². The number of amides is 4. The molecule has 4 aromatic rings. The summed E-state index contributed by atoms with van der Waals surface area (Å²) in [6.45, 7) is 5.38. The Balaban J connectivity index is 1.37. The molecule has 0 fully saturated rings. The number of ether oxygens (including phenoxy) is 4. The van der Waals surface area contributed by atoms with Gasteiger partial charge in [0, 0.05) is 35.7 Å². The minimum absolute atomic E-state index is 0.000441. The lowest BCUT2D eigenvalue weighted by Crippen LogP contribution is -2.53. The van der Waals surface area contributed by atoms with Crippen molar-refractivity contribution in [3.63, 3.8) is 0 Å². The molecule has 302 valence electrons. The Labute approximate surface area is 333 Å². The van der Waals surface area contributed by atoms with Crippen molar-refractivity contribution in [2.45, 2.75) is 77.4 Å². The quantitative estimate of drug-likeness (QED) is 0.0200. The van der Waals surface area contributed by atoms with E-state index in [1.807, 2.05) is 35.7 Å². The van der Waals surface area contributed by atoms with Gasteiger partial charge in [0.1, 0.15) is 36.6 Å². The summed E-state index contributed by atoms with van der Waals surface area (Å²) >= 11 is 1.41. The first-order valence-electron chi connectivity index (χ1n) is 18.0. The summed E-state index contributed by atoms with van der Waals surface area (Å²) in [6, 6.07) is 22.0. The van der Waals surface area contributed by atoms with Crippen LogP contribution in [0.4, 0.5) is 25.8 Å². The molecule has 4 rings (SSSR count). The van der Waals surface area contributed by atoms with E-state index in [0.717, 1.165) is 10.4 Å². The third kappa shape index (κ3) is 16.0. The van der Waals surface area contributed by atoms with Gasteiger partial charge in [-0.15, -0.1) is 11.3 Å². The van der Waals surface area contributed by atoms with Gasteiger partial charge in [0.25, 0.3) is 5.69 Å². The first kappa shape index (κ1) is 43.2. The van der Waals surface area contributed by atoms with Gasteiger partial charge in [0.15, 0.2) is 0 Å². The van der Waals surface area contributed by atoms with Gasteiger partial charge in [-0.25, -0.2) is 14.4 Å². The zero-order valence-corrected chi connectivity index (χ0v) is 32.5. The number of nitrogens with zero attached hydrogens (tertiary/aromatic N) is 1. The molecule has 0 aliphatic carbocycles. The van der Waals surface area contributed by atoms with Crippen molar-refractivity contribution in [1.29, 1.82) is 0 Å². The monoisotopic (exact) mass is 803 g/mol. The van der Waals surface area contributed by atoms with Crippen LogP contribution < -0.4 is 26.0 Å². The van der Waals surface area contributed by atoms with Crippen molar-refractivity contribution in [2.24, 2.45) is 0 Å². The summed E-state index contributed by atoms with van der Waals surface area (Å²) < 4.78 is 20.8. The lowest BCUT2D eigenvalue weighted by molar-refractivity contribution is -0.384. The summed E-state index contributed by atoms with van der Waals surface area (Å²) in [4.78, 5) is 75.6. The number of carbonyl (C=O) groups excluding carboxylic acids is 5. The van der Waals surface area contributed by atoms with Crippen LogP contribution in [0, 0.1) is 10.1 Å². The number of thiophene rings is 1. The fourth-order valence-corrected chi connectivity index (χ4v) is 5.83. The fourth-order valence-electron chi connectivity index (χ4n) is 5.08. The van der Waals surface area contributed by atoms with E-state index in [1.165, 1.54) is 35.6 Å². The van der Waals surface area contributed by atoms with Gasteiger partial charge in [-0.3, -0.25) is 19.7 Å². The highest BCUT2D eigenvalue weighted by Crippen LogP contribution is 2.19. The molecule has 0 aliphatic rings. The molecule has 0 aliphatic heterocycles. The summed E-state index contributed by atoms with van der Waals surface area (Å²) in [7, 11) is 0. The summed E-state index contributed by atoms with van der Waals surface area (Å²) in [5, 5.41) is 23.6. The predicted molar refractivity (Wildman–Crippen MR) is 211 cm³/mol. The second-order valence-corrected chi connectivity index (χ2v) is 14.6. The Kier molecular flexibility index (Phi) is 16.4. The maximum absolute atomic E-state index is 13.8. The fraction of sp³-hybridized carbons (Fsp3) is 0.325. The van der Waals surface area contributed by atoms with E-state index >= 15 is 0 Å². The largest absolute Gasteiger partial charge is 0.514 e. The standard InChI is InChI=1S/C40H45N5O11S/c1-40(2,3)56-37(48)41-22-8-7-13-33(43-36(47)34(24-32-12-9-23-57-32)44-38(49)53-25-27-10-5-4-6-11-27)35(46)42-29-16-14-28(15-17-29)26-54-39(50)55-31-20-18-30(19-21-31)45(51)52/h4-6,9-12,14-21,23,33-34H,7-8,13,22,24-26H2,1-3H3,(H,41,48)(H,42,46)(H,43,47)(H,44,49)/t33-,34-/m0/s1. The van der Waals surface area contributed by atoms with Gasteiger partial charge in [-0.2, -0.15) is 0 Å². The number of hydrogen-bond acceptors (Lipinski definition) is 12. The van der Waals surface area contributed by atoms with Crippen molar-refractivity contribution in [3.8, 4) is 5.75 Å². The third-order valence-corrected chi connectivity index (χ3v) is 8.75. The Morgan fingerprint density at radius 1 is 0.754 bits per heavy atom. The number of hydrogen-bond donors (Lipinski definition) is 4. The van der Waals surface area contributed by atoms with Gasteiger partial charge >= 0.3 is 18.3 Å². The number of non-ortho nitro benzene ring substituents is 1. The first-order valence-corrected chi connectivity index (χ1v) is 18.9. The number of alkyl carbamates (subject to hydrolysis) is 2. The molecular formula is C40H45N5O11S. The highest BCUT2D eigenvalue weighted by Gasteiger charge is 2.28. The van der Waals surface area contributed by atoms with Crippen molar-refractivity contribution >= 4 is 52.9 Å². The van der Waals surface area contributed by atoms with E-state index < -0.39 is 52.8 Å². The van der Waals surface area contributed by atoms with E-state index in [0.29, 0.717) is 24.1 Å². The maximum atomic E-state index is 13.8. The number of nitrogens with one attached hydrogen (secondary N) is 4. The molecular weight excluding hydrogens is 759 g/mol. The zero-order valence-electron chi connectivity index (χ0n) is 31.7. The van der Waals surface area contributed by atoms with Gasteiger partial charge < -0.3 is 40.2 Å². The van der Waals surface area contributed by atoms with Crippen LogP contribution in [0.5, 0.6) is 5.75 Å². The average Bonchev–Trinajstić information content (AvgIpc) is 3.69. The number of anilines is 1.